The van der Waals surface area contributed by atoms with Gasteiger partial charge in [0, 0.05) is 11.1 Å². The molecule has 0 aromatic carbocycles. The maximum atomic E-state index is 11.6. The summed E-state index contributed by atoms with van der Waals surface area (Å²) in [5.41, 5.74) is 0.546. The summed E-state index contributed by atoms with van der Waals surface area (Å²) in [6, 6.07) is 0. The highest BCUT2D eigenvalue weighted by Gasteiger charge is 2.36. The van der Waals surface area contributed by atoms with Gasteiger partial charge < -0.3 is 9.84 Å². The monoisotopic (exact) mass is 222 g/mol. The number of hydrogen-bond acceptors (Lipinski definition) is 4. The molecule has 2 aliphatic rings. The van der Waals surface area contributed by atoms with Crippen LogP contribution < -0.4 is 0 Å². The van der Waals surface area contributed by atoms with Crippen molar-refractivity contribution < 1.29 is 19.4 Å². The van der Waals surface area contributed by atoms with Gasteiger partial charge in [0.15, 0.2) is 11.6 Å². The lowest BCUT2D eigenvalue weighted by Gasteiger charge is -2.31. The number of rotatable bonds is 2. The smallest absolute Gasteiger partial charge is 0.185 e. The topological polar surface area (TPSA) is 63.6 Å². The van der Waals surface area contributed by atoms with Gasteiger partial charge in [0.25, 0.3) is 0 Å². The maximum absolute atomic E-state index is 11.6. The van der Waals surface area contributed by atoms with E-state index in [2.05, 4.69) is 0 Å². The minimum absolute atomic E-state index is 0.131. The molecule has 1 aliphatic carbocycles. The minimum Gasteiger partial charge on any atom is -0.386 e. The normalized spacial score (nSPS) is 29.6. The van der Waals surface area contributed by atoms with E-state index in [1.807, 2.05) is 6.92 Å². The molecule has 0 bridgehead atoms. The van der Waals surface area contributed by atoms with Gasteiger partial charge in [-0.2, -0.15) is 0 Å². The van der Waals surface area contributed by atoms with Gasteiger partial charge in [-0.15, -0.1) is 0 Å². The summed E-state index contributed by atoms with van der Waals surface area (Å²) in [5, 5.41) is 9.99. The van der Waals surface area contributed by atoms with Crippen molar-refractivity contribution in [1.82, 2.24) is 0 Å². The standard InChI is InChI=1S/C12H14O4/c1-2-3-10-12(15)11-7(6-16-10)8(13)4-5-9(11)14/h4-5,10,12,15H,2-3,6H2,1H3/t10-,12+/m0/s1. The third-order valence-corrected chi connectivity index (χ3v) is 2.94. The lowest BCUT2D eigenvalue weighted by molar-refractivity contribution is -0.120. The third-order valence-electron chi connectivity index (χ3n) is 2.94. The number of carbonyl (C=O) groups is 2. The van der Waals surface area contributed by atoms with Gasteiger partial charge in [0.1, 0.15) is 6.10 Å². The van der Waals surface area contributed by atoms with E-state index >= 15 is 0 Å². The first-order chi connectivity index (χ1) is 7.65. The van der Waals surface area contributed by atoms with E-state index in [0.29, 0.717) is 12.0 Å². The summed E-state index contributed by atoms with van der Waals surface area (Å²) < 4.78 is 5.40. The highest BCUT2D eigenvalue weighted by molar-refractivity contribution is 6.20. The molecule has 0 aromatic rings. The van der Waals surface area contributed by atoms with Crippen molar-refractivity contribution >= 4 is 11.6 Å². The molecule has 4 nitrogen and oxygen atoms in total. The van der Waals surface area contributed by atoms with Crippen LogP contribution in [0.2, 0.25) is 0 Å². The zero-order valence-corrected chi connectivity index (χ0v) is 9.10. The van der Waals surface area contributed by atoms with E-state index in [4.69, 9.17) is 4.74 Å². The summed E-state index contributed by atoms with van der Waals surface area (Å²) in [6.07, 6.45) is 2.67. The number of aliphatic hydroxyl groups is 1. The first kappa shape index (κ1) is 11.2. The van der Waals surface area contributed by atoms with Crippen LogP contribution >= 0.6 is 0 Å². The Morgan fingerprint density at radius 2 is 2.06 bits per heavy atom. The molecule has 1 heterocycles. The Morgan fingerprint density at radius 3 is 2.75 bits per heavy atom. The predicted molar refractivity (Wildman–Crippen MR) is 56.8 cm³/mol. The molecule has 0 saturated heterocycles. The molecule has 0 saturated carbocycles. The maximum Gasteiger partial charge on any atom is 0.185 e. The second kappa shape index (κ2) is 4.31. The Kier molecular flexibility index (Phi) is 3.03. The molecule has 0 unspecified atom stereocenters. The number of aliphatic hydroxyl groups excluding tert-OH is 1. The molecule has 1 N–H and O–H groups in total. The van der Waals surface area contributed by atoms with Gasteiger partial charge >= 0.3 is 0 Å². The number of hydrogen-bond donors (Lipinski definition) is 1. The Morgan fingerprint density at radius 1 is 1.38 bits per heavy atom. The van der Waals surface area contributed by atoms with Crippen LogP contribution in [0, 0.1) is 0 Å². The average molecular weight is 222 g/mol. The molecular weight excluding hydrogens is 208 g/mol. The second-order valence-electron chi connectivity index (χ2n) is 4.04. The fourth-order valence-electron chi connectivity index (χ4n) is 2.09. The molecule has 4 heteroatoms. The molecule has 0 radical (unpaired) electrons. The highest BCUT2D eigenvalue weighted by Crippen LogP contribution is 2.27. The number of carbonyl (C=O) groups excluding carboxylic acids is 2. The Labute approximate surface area is 93.6 Å². The molecule has 1 aliphatic heterocycles. The average Bonchev–Trinajstić information content (AvgIpc) is 2.27. The minimum atomic E-state index is -0.968. The van der Waals surface area contributed by atoms with Gasteiger partial charge in [0.2, 0.25) is 0 Å². The predicted octanol–water partition coefficient (Wildman–Crippen LogP) is 0.551. The Hall–Kier alpha value is -1.26. The molecular formula is C12H14O4. The number of ketones is 2. The first-order valence-corrected chi connectivity index (χ1v) is 5.44. The van der Waals surface area contributed by atoms with Crippen molar-refractivity contribution in [2.24, 2.45) is 0 Å². The second-order valence-corrected chi connectivity index (χ2v) is 4.04. The van der Waals surface area contributed by atoms with Crippen LogP contribution in [-0.4, -0.2) is 35.5 Å². The summed E-state index contributed by atoms with van der Waals surface area (Å²) in [7, 11) is 0. The summed E-state index contributed by atoms with van der Waals surface area (Å²) in [6.45, 7) is 2.11. The van der Waals surface area contributed by atoms with Gasteiger partial charge in [-0.3, -0.25) is 9.59 Å². The van der Waals surface area contributed by atoms with E-state index in [-0.39, 0.29) is 29.9 Å². The van der Waals surface area contributed by atoms with Crippen LogP contribution in [0.3, 0.4) is 0 Å². The van der Waals surface area contributed by atoms with Crippen LogP contribution in [0.5, 0.6) is 0 Å². The van der Waals surface area contributed by atoms with Crippen LogP contribution in [-0.2, 0) is 14.3 Å². The lowest BCUT2D eigenvalue weighted by atomic mass is 9.86. The Balaban J connectivity index is 2.31. The summed E-state index contributed by atoms with van der Waals surface area (Å²) >= 11 is 0. The highest BCUT2D eigenvalue weighted by atomic mass is 16.5. The van der Waals surface area contributed by atoms with E-state index in [0.717, 1.165) is 6.42 Å². The summed E-state index contributed by atoms with van der Waals surface area (Å²) in [5.74, 6) is -0.505. The van der Waals surface area contributed by atoms with Gasteiger partial charge in [-0.1, -0.05) is 13.3 Å². The van der Waals surface area contributed by atoms with Crippen LogP contribution in [0.4, 0.5) is 0 Å². The molecule has 16 heavy (non-hydrogen) atoms. The SMILES string of the molecule is CCC[C@@H]1OCC2=C(C(=O)C=CC2=O)[C@@H]1O. The largest absolute Gasteiger partial charge is 0.386 e. The van der Waals surface area contributed by atoms with Gasteiger partial charge in [-0.25, -0.2) is 0 Å². The van der Waals surface area contributed by atoms with Gasteiger partial charge in [-0.05, 0) is 18.6 Å². The molecule has 0 spiro atoms. The molecule has 0 fully saturated rings. The fourth-order valence-corrected chi connectivity index (χ4v) is 2.09. The van der Waals surface area contributed by atoms with Crippen LogP contribution in [0.1, 0.15) is 19.8 Å². The third kappa shape index (κ3) is 1.74. The molecule has 86 valence electrons. The van der Waals surface area contributed by atoms with Crippen LogP contribution in [0.25, 0.3) is 0 Å². The van der Waals surface area contributed by atoms with Crippen molar-refractivity contribution in [2.45, 2.75) is 32.0 Å². The van der Waals surface area contributed by atoms with Crippen molar-refractivity contribution in [2.75, 3.05) is 6.61 Å². The molecule has 2 rings (SSSR count). The number of allylic oxidation sites excluding steroid dienone is 2. The van der Waals surface area contributed by atoms with E-state index in [9.17, 15) is 14.7 Å². The van der Waals surface area contributed by atoms with E-state index in [1.165, 1.54) is 12.2 Å². The first-order valence-electron chi connectivity index (χ1n) is 5.44. The van der Waals surface area contributed by atoms with Crippen LogP contribution in [0.15, 0.2) is 23.3 Å². The van der Waals surface area contributed by atoms with Crippen molar-refractivity contribution in [3.05, 3.63) is 23.3 Å². The fraction of sp³-hybridized carbons (Fsp3) is 0.500. The molecule has 0 amide bonds. The van der Waals surface area contributed by atoms with E-state index in [1.54, 1.807) is 0 Å². The zero-order valence-electron chi connectivity index (χ0n) is 9.10. The number of ether oxygens (including phenoxy) is 1. The van der Waals surface area contributed by atoms with Crippen molar-refractivity contribution in [3.63, 3.8) is 0 Å². The van der Waals surface area contributed by atoms with E-state index < -0.39 is 6.10 Å². The van der Waals surface area contributed by atoms with Crippen molar-refractivity contribution in [1.29, 1.82) is 0 Å². The quantitative estimate of drug-likeness (QED) is 0.693. The zero-order chi connectivity index (χ0) is 11.7. The lowest BCUT2D eigenvalue weighted by Crippen LogP contribution is -2.41. The Bertz CT molecular complexity index is 392. The van der Waals surface area contributed by atoms with Gasteiger partial charge in [0.05, 0.1) is 12.7 Å². The van der Waals surface area contributed by atoms with Crippen molar-refractivity contribution in [3.8, 4) is 0 Å². The molecule has 0 aromatic heterocycles. The summed E-state index contributed by atoms with van der Waals surface area (Å²) in [4.78, 5) is 23.1. The molecule has 2 atom stereocenters.